The van der Waals surface area contributed by atoms with Crippen LogP contribution in [0.5, 0.6) is 0 Å². The zero-order valence-electron chi connectivity index (χ0n) is 10.5. The molecule has 3 heteroatoms. The number of nitrogens with zero attached hydrogens (tertiary/aromatic N) is 1. The van der Waals surface area contributed by atoms with Crippen molar-refractivity contribution in [2.24, 2.45) is 0 Å². The van der Waals surface area contributed by atoms with Gasteiger partial charge in [-0.15, -0.1) is 0 Å². The van der Waals surface area contributed by atoms with Crippen LogP contribution in [0.15, 0.2) is 0 Å². The molecular weight excluding hydrogens is 190 g/mol. The van der Waals surface area contributed by atoms with E-state index in [2.05, 4.69) is 25.7 Å². The van der Waals surface area contributed by atoms with Crippen molar-refractivity contribution in [3.63, 3.8) is 0 Å². The van der Waals surface area contributed by atoms with Crippen LogP contribution < -0.4 is 0 Å². The molecule has 3 nitrogen and oxygen atoms in total. The summed E-state index contributed by atoms with van der Waals surface area (Å²) in [6.07, 6.45) is 1.07. The zero-order valence-corrected chi connectivity index (χ0v) is 10.5. The van der Waals surface area contributed by atoms with Crippen molar-refractivity contribution in [3.8, 4) is 0 Å². The number of ether oxygens (including phenoxy) is 1. The van der Waals surface area contributed by atoms with Gasteiger partial charge < -0.3 is 4.74 Å². The van der Waals surface area contributed by atoms with Gasteiger partial charge in [-0.1, -0.05) is 6.92 Å². The Bertz CT molecular complexity index is 242. The van der Waals surface area contributed by atoms with Crippen LogP contribution in [0.3, 0.4) is 0 Å². The smallest absolute Gasteiger partial charge is 0.149 e. The molecule has 1 rings (SSSR count). The Hall–Kier alpha value is -0.410. The van der Waals surface area contributed by atoms with E-state index < -0.39 is 0 Å². The fourth-order valence-electron chi connectivity index (χ4n) is 2.28. The molecular formula is C12H23NO2. The van der Waals surface area contributed by atoms with E-state index in [4.69, 9.17) is 4.74 Å². The summed E-state index contributed by atoms with van der Waals surface area (Å²) in [5.41, 5.74) is -0.322. The van der Waals surface area contributed by atoms with Gasteiger partial charge in [0.15, 0.2) is 0 Å². The van der Waals surface area contributed by atoms with E-state index >= 15 is 0 Å². The van der Waals surface area contributed by atoms with Crippen molar-refractivity contribution >= 4 is 5.78 Å². The number of hydrogen-bond acceptors (Lipinski definition) is 3. The van der Waals surface area contributed by atoms with Gasteiger partial charge in [0, 0.05) is 12.6 Å². The van der Waals surface area contributed by atoms with E-state index in [1.54, 1.807) is 6.92 Å². The highest BCUT2D eigenvalue weighted by molar-refractivity contribution is 5.85. The van der Waals surface area contributed by atoms with Crippen molar-refractivity contribution < 1.29 is 9.53 Å². The van der Waals surface area contributed by atoms with Gasteiger partial charge in [-0.25, -0.2) is 0 Å². The fourth-order valence-corrected chi connectivity index (χ4v) is 2.28. The monoisotopic (exact) mass is 213 g/mol. The molecule has 0 radical (unpaired) electrons. The largest absolute Gasteiger partial charge is 0.376 e. The van der Waals surface area contributed by atoms with Gasteiger partial charge in [0.1, 0.15) is 5.78 Å². The third-order valence-electron chi connectivity index (χ3n) is 3.96. The van der Waals surface area contributed by atoms with Crippen molar-refractivity contribution in [2.45, 2.75) is 58.7 Å². The highest BCUT2D eigenvalue weighted by Crippen LogP contribution is 2.27. The quantitative estimate of drug-likeness (QED) is 0.716. The molecule has 0 saturated carbocycles. The number of carbonyl (C=O) groups is 1. The maximum absolute atomic E-state index is 11.8. The molecule has 1 aliphatic heterocycles. The third kappa shape index (κ3) is 2.23. The highest BCUT2D eigenvalue weighted by atomic mass is 16.5. The van der Waals surface area contributed by atoms with E-state index in [9.17, 15) is 4.79 Å². The summed E-state index contributed by atoms with van der Waals surface area (Å²) in [5, 5.41) is 0. The lowest BCUT2D eigenvalue weighted by Gasteiger charge is -2.47. The summed E-state index contributed by atoms with van der Waals surface area (Å²) >= 11 is 0. The number of Topliss-reactive ketones (excluding diaryl/α,β-unsaturated/α-hetero) is 1. The summed E-state index contributed by atoms with van der Waals surface area (Å²) < 4.78 is 5.59. The molecule has 0 aromatic rings. The number of rotatable bonds is 3. The summed E-state index contributed by atoms with van der Waals surface area (Å²) in [4.78, 5) is 14.1. The van der Waals surface area contributed by atoms with Crippen LogP contribution in [0.1, 0.15) is 41.0 Å². The molecule has 0 spiro atoms. The SMILES string of the molecule is CCC(C)(C(C)=O)N1CCOC(C)C1C. The number of morpholine rings is 1. The molecule has 0 aromatic heterocycles. The second-order valence-electron chi connectivity index (χ2n) is 4.69. The van der Waals surface area contributed by atoms with Crippen molar-refractivity contribution in [3.05, 3.63) is 0 Å². The Morgan fingerprint density at radius 2 is 2.13 bits per heavy atom. The lowest BCUT2D eigenvalue weighted by atomic mass is 9.89. The summed E-state index contributed by atoms with van der Waals surface area (Å²) in [6.45, 7) is 11.6. The van der Waals surface area contributed by atoms with Gasteiger partial charge >= 0.3 is 0 Å². The molecule has 1 aliphatic rings. The van der Waals surface area contributed by atoms with Gasteiger partial charge in [-0.05, 0) is 34.1 Å². The van der Waals surface area contributed by atoms with E-state index in [1.165, 1.54) is 0 Å². The van der Waals surface area contributed by atoms with E-state index in [0.717, 1.165) is 19.6 Å². The molecule has 3 atom stereocenters. The molecule has 0 N–H and O–H groups in total. The maximum Gasteiger partial charge on any atom is 0.149 e. The molecule has 1 heterocycles. The Labute approximate surface area is 92.8 Å². The van der Waals surface area contributed by atoms with Gasteiger partial charge in [0.25, 0.3) is 0 Å². The molecule has 1 saturated heterocycles. The summed E-state index contributed by atoms with van der Waals surface area (Å²) in [5.74, 6) is 0.256. The van der Waals surface area contributed by atoms with Crippen molar-refractivity contribution in [2.75, 3.05) is 13.2 Å². The molecule has 88 valence electrons. The first-order valence-electron chi connectivity index (χ1n) is 5.83. The van der Waals surface area contributed by atoms with Gasteiger partial charge in [0.05, 0.1) is 18.2 Å². The number of ketones is 1. The third-order valence-corrected chi connectivity index (χ3v) is 3.96. The Morgan fingerprint density at radius 1 is 1.53 bits per heavy atom. The number of carbonyl (C=O) groups excluding carboxylic acids is 1. The summed E-state index contributed by atoms with van der Waals surface area (Å²) in [7, 11) is 0. The van der Waals surface area contributed by atoms with Crippen molar-refractivity contribution in [1.82, 2.24) is 4.90 Å². The average Bonchev–Trinajstić information content (AvgIpc) is 2.20. The van der Waals surface area contributed by atoms with E-state index in [0.29, 0.717) is 6.04 Å². The first kappa shape index (κ1) is 12.7. The van der Waals surface area contributed by atoms with Gasteiger partial charge in [-0.3, -0.25) is 9.69 Å². The first-order valence-corrected chi connectivity index (χ1v) is 5.83. The second-order valence-corrected chi connectivity index (χ2v) is 4.69. The topological polar surface area (TPSA) is 29.5 Å². The van der Waals surface area contributed by atoms with Gasteiger partial charge in [-0.2, -0.15) is 0 Å². The molecule has 0 aromatic carbocycles. The predicted molar refractivity (Wildman–Crippen MR) is 61.0 cm³/mol. The van der Waals surface area contributed by atoms with Crippen LogP contribution in [0, 0.1) is 0 Å². The molecule has 1 fully saturated rings. The summed E-state index contributed by atoms with van der Waals surface area (Å²) in [6, 6.07) is 0.313. The van der Waals surface area contributed by atoms with Gasteiger partial charge in [0.2, 0.25) is 0 Å². The van der Waals surface area contributed by atoms with Crippen LogP contribution in [-0.2, 0) is 9.53 Å². The first-order chi connectivity index (χ1) is 6.93. The Balaban J connectivity index is 2.88. The molecule has 0 bridgehead atoms. The van der Waals surface area contributed by atoms with Crippen LogP contribution >= 0.6 is 0 Å². The second kappa shape index (κ2) is 4.62. The minimum Gasteiger partial charge on any atom is -0.376 e. The minimum absolute atomic E-state index is 0.212. The van der Waals surface area contributed by atoms with E-state index in [-0.39, 0.29) is 17.4 Å². The average molecular weight is 213 g/mol. The van der Waals surface area contributed by atoms with Crippen LogP contribution in [0.2, 0.25) is 0 Å². The Kier molecular flexibility index (Phi) is 3.90. The minimum atomic E-state index is -0.322. The Morgan fingerprint density at radius 3 is 2.60 bits per heavy atom. The predicted octanol–water partition coefficient (Wildman–Crippen LogP) is 1.85. The normalized spacial score (nSPS) is 32.3. The highest BCUT2D eigenvalue weighted by Gasteiger charge is 2.40. The lowest BCUT2D eigenvalue weighted by molar-refractivity contribution is -0.140. The molecule has 3 unspecified atom stereocenters. The lowest BCUT2D eigenvalue weighted by Crippen LogP contribution is -2.61. The maximum atomic E-state index is 11.8. The fraction of sp³-hybridized carbons (Fsp3) is 0.917. The number of hydrogen-bond donors (Lipinski definition) is 0. The van der Waals surface area contributed by atoms with Crippen LogP contribution in [-0.4, -0.2) is 41.5 Å². The van der Waals surface area contributed by atoms with E-state index in [1.807, 2.05) is 6.92 Å². The molecule has 0 aliphatic carbocycles. The molecule has 0 amide bonds. The van der Waals surface area contributed by atoms with Crippen molar-refractivity contribution in [1.29, 1.82) is 0 Å². The zero-order chi connectivity index (χ0) is 11.6. The molecule has 15 heavy (non-hydrogen) atoms. The van der Waals surface area contributed by atoms with Crippen LogP contribution in [0.25, 0.3) is 0 Å². The van der Waals surface area contributed by atoms with Crippen LogP contribution in [0.4, 0.5) is 0 Å². The standard InChI is InChI=1S/C12H23NO2/c1-6-12(5,11(4)14)13-7-8-15-10(3)9(13)2/h9-10H,6-8H2,1-5H3.